The Morgan fingerprint density at radius 2 is 1.94 bits per heavy atom. The van der Waals surface area contributed by atoms with Gasteiger partial charge in [-0.1, -0.05) is 13.0 Å². The predicted octanol–water partition coefficient (Wildman–Crippen LogP) is 3.02. The highest BCUT2D eigenvalue weighted by molar-refractivity contribution is 5.26. The Labute approximate surface area is 90.7 Å². The van der Waals surface area contributed by atoms with E-state index in [-0.39, 0.29) is 12.5 Å². The van der Waals surface area contributed by atoms with E-state index in [0.29, 0.717) is 12.0 Å². The maximum absolute atomic E-state index is 13.1. The SMILES string of the molecule is CC(CO)Cc1ccc(C(F)(F)F)c(F)c1. The molecule has 0 saturated carbocycles. The van der Waals surface area contributed by atoms with Gasteiger partial charge in [-0.3, -0.25) is 0 Å². The molecule has 5 heteroatoms. The zero-order valence-corrected chi connectivity index (χ0v) is 8.68. The molecule has 0 fully saturated rings. The van der Waals surface area contributed by atoms with Crippen LogP contribution in [-0.4, -0.2) is 11.7 Å². The van der Waals surface area contributed by atoms with Crippen LogP contribution in [0, 0.1) is 11.7 Å². The standard InChI is InChI=1S/C11H12F4O/c1-7(6-16)4-8-2-3-9(10(12)5-8)11(13,14)15/h2-3,5,7,16H,4,6H2,1H3. The van der Waals surface area contributed by atoms with E-state index in [9.17, 15) is 17.6 Å². The van der Waals surface area contributed by atoms with Crippen LogP contribution in [0.5, 0.6) is 0 Å². The van der Waals surface area contributed by atoms with Crippen LogP contribution in [-0.2, 0) is 12.6 Å². The van der Waals surface area contributed by atoms with E-state index in [1.54, 1.807) is 6.92 Å². The second-order valence-corrected chi connectivity index (χ2v) is 3.80. The summed E-state index contributed by atoms with van der Waals surface area (Å²) in [7, 11) is 0. The molecule has 16 heavy (non-hydrogen) atoms. The van der Waals surface area contributed by atoms with Crippen molar-refractivity contribution in [2.24, 2.45) is 5.92 Å². The topological polar surface area (TPSA) is 20.2 Å². The fraction of sp³-hybridized carbons (Fsp3) is 0.455. The fourth-order valence-corrected chi connectivity index (χ4v) is 1.38. The lowest BCUT2D eigenvalue weighted by Crippen LogP contribution is -2.10. The molecule has 0 aliphatic carbocycles. The predicted molar refractivity (Wildman–Crippen MR) is 51.4 cm³/mol. The summed E-state index contributed by atoms with van der Waals surface area (Å²) in [6.45, 7) is 1.65. The third-order valence-electron chi connectivity index (χ3n) is 2.23. The highest BCUT2D eigenvalue weighted by atomic mass is 19.4. The van der Waals surface area contributed by atoms with Crippen molar-refractivity contribution >= 4 is 0 Å². The van der Waals surface area contributed by atoms with E-state index in [1.165, 1.54) is 6.07 Å². The quantitative estimate of drug-likeness (QED) is 0.800. The Morgan fingerprint density at radius 1 is 1.31 bits per heavy atom. The molecule has 1 rings (SSSR count). The van der Waals surface area contributed by atoms with Crippen LogP contribution in [0.15, 0.2) is 18.2 Å². The Bertz CT molecular complexity index is 359. The van der Waals surface area contributed by atoms with Crippen LogP contribution in [0.1, 0.15) is 18.1 Å². The van der Waals surface area contributed by atoms with Gasteiger partial charge >= 0.3 is 6.18 Å². The molecule has 0 heterocycles. The van der Waals surface area contributed by atoms with Crippen molar-refractivity contribution in [3.63, 3.8) is 0 Å². The van der Waals surface area contributed by atoms with Gasteiger partial charge in [0, 0.05) is 6.61 Å². The Kier molecular flexibility index (Phi) is 3.91. The first-order valence-electron chi connectivity index (χ1n) is 4.81. The lowest BCUT2D eigenvalue weighted by Gasteiger charge is -2.11. The smallest absolute Gasteiger partial charge is 0.396 e. The first-order chi connectivity index (χ1) is 7.34. The number of hydrogen-bond donors (Lipinski definition) is 1. The van der Waals surface area contributed by atoms with Crippen LogP contribution in [0.4, 0.5) is 17.6 Å². The van der Waals surface area contributed by atoms with E-state index >= 15 is 0 Å². The molecule has 1 nitrogen and oxygen atoms in total. The zero-order chi connectivity index (χ0) is 12.3. The van der Waals surface area contributed by atoms with Gasteiger partial charge < -0.3 is 5.11 Å². The second-order valence-electron chi connectivity index (χ2n) is 3.80. The molecule has 90 valence electrons. The number of aliphatic hydroxyl groups excluding tert-OH is 1. The van der Waals surface area contributed by atoms with Crippen molar-refractivity contribution in [2.75, 3.05) is 6.61 Å². The van der Waals surface area contributed by atoms with Gasteiger partial charge in [-0.2, -0.15) is 13.2 Å². The average molecular weight is 236 g/mol. The summed E-state index contributed by atoms with van der Waals surface area (Å²) in [6.07, 6.45) is -4.31. The molecule has 1 atom stereocenters. The zero-order valence-electron chi connectivity index (χ0n) is 8.68. The van der Waals surface area contributed by atoms with Gasteiger partial charge in [0.15, 0.2) is 0 Å². The van der Waals surface area contributed by atoms with Gasteiger partial charge in [-0.25, -0.2) is 4.39 Å². The Morgan fingerprint density at radius 3 is 2.38 bits per heavy atom. The molecule has 0 aromatic heterocycles. The van der Waals surface area contributed by atoms with E-state index in [0.717, 1.165) is 12.1 Å². The van der Waals surface area contributed by atoms with Crippen molar-refractivity contribution in [1.82, 2.24) is 0 Å². The molecule has 1 aromatic rings. The Balaban J connectivity index is 2.91. The van der Waals surface area contributed by atoms with Gasteiger partial charge in [-0.15, -0.1) is 0 Å². The van der Waals surface area contributed by atoms with E-state index in [4.69, 9.17) is 5.11 Å². The second kappa shape index (κ2) is 4.82. The highest BCUT2D eigenvalue weighted by Crippen LogP contribution is 2.31. The normalized spacial score (nSPS) is 13.9. The average Bonchev–Trinajstić information content (AvgIpc) is 2.15. The van der Waals surface area contributed by atoms with Crippen LogP contribution < -0.4 is 0 Å². The van der Waals surface area contributed by atoms with Crippen LogP contribution in [0.2, 0.25) is 0 Å². The number of hydrogen-bond acceptors (Lipinski definition) is 1. The maximum atomic E-state index is 13.1. The molecule has 0 bridgehead atoms. The molecular weight excluding hydrogens is 224 g/mol. The molecule has 1 N–H and O–H groups in total. The van der Waals surface area contributed by atoms with Crippen LogP contribution >= 0.6 is 0 Å². The van der Waals surface area contributed by atoms with Crippen molar-refractivity contribution in [1.29, 1.82) is 0 Å². The lowest BCUT2D eigenvalue weighted by atomic mass is 10.0. The van der Waals surface area contributed by atoms with Gasteiger partial charge in [0.05, 0.1) is 5.56 Å². The summed E-state index contributed by atoms with van der Waals surface area (Å²) < 4.78 is 49.8. The molecule has 0 aliphatic heterocycles. The third kappa shape index (κ3) is 3.20. The minimum Gasteiger partial charge on any atom is -0.396 e. The van der Waals surface area contributed by atoms with Crippen LogP contribution in [0.25, 0.3) is 0 Å². The largest absolute Gasteiger partial charge is 0.419 e. The monoisotopic (exact) mass is 236 g/mol. The lowest BCUT2D eigenvalue weighted by molar-refractivity contribution is -0.140. The Hall–Kier alpha value is -1.10. The van der Waals surface area contributed by atoms with Gasteiger partial charge in [0.2, 0.25) is 0 Å². The number of rotatable bonds is 3. The summed E-state index contributed by atoms with van der Waals surface area (Å²) in [5.41, 5.74) is -0.806. The summed E-state index contributed by atoms with van der Waals surface area (Å²) in [6, 6.07) is 2.84. The summed E-state index contributed by atoms with van der Waals surface area (Å²) in [4.78, 5) is 0. The number of alkyl halides is 3. The summed E-state index contributed by atoms with van der Waals surface area (Å²) in [5.74, 6) is -1.37. The number of halogens is 4. The number of benzene rings is 1. The minimum atomic E-state index is -4.66. The molecule has 0 amide bonds. The van der Waals surface area contributed by atoms with Crippen molar-refractivity contribution in [3.05, 3.63) is 35.1 Å². The van der Waals surface area contributed by atoms with Gasteiger partial charge in [0.25, 0.3) is 0 Å². The fourth-order valence-electron chi connectivity index (χ4n) is 1.38. The van der Waals surface area contributed by atoms with Gasteiger partial charge in [-0.05, 0) is 30.0 Å². The molecule has 1 aromatic carbocycles. The third-order valence-corrected chi connectivity index (χ3v) is 2.23. The molecule has 1 unspecified atom stereocenters. The molecule has 0 aliphatic rings. The molecule has 0 spiro atoms. The summed E-state index contributed by atoms with van der Waals surface area (Å²) in [5, 5.41) is 8.78. The summed E-state index contributed by atoms with van der Waals surface area (Å²) >= 11 is 0. The molecule has 0 radical (unpaired) electrons. The number of aliphatic hydroxyl groups is 1. The van der Waals surface area contributed by atoms with Crippen molar-refractivity contribution in [3.8, 4) is 0 Å². The van der Waals surface area contributed by atoms with E-state index in [1.807, 2.05) is 0 Å². The first kappa shape index (κ1) is 13.0. The molecule has 0 saturated heterocycles. The highest BCUT2D eigenvalue weighted by Gasteiger charge is 2.33. The molecular formula is C11H12F4O. The van der Waals surface area contributed by atoms with Crippen molar-refractivity contribution in [2.45, 2.75) is 19.5 Å². The van der Waals surface area contributed by atoms with Gasteiger partial charge in [0.1, 0.15) is 5.82 Å². The minimum absolute atomic E-state index is 0.0807. The maximum Gasteiger partial charge on any atom is 0.419 e. The van der Waals surface area contributed by atoms with E-state index < -0.39 is 17.6 Å². The van der Waals surface area contributed by atoms with Crippen molar-refractivity contribution < 1.29 is 22.7 Å². The van der Waals surface area contributed by atoms with E-state index in [2.05, 4.69) is 0 Å². The van der Waals surface area contributed by atoms with Crippen LogP contribution in [0.3, 0.4) is 0 Å². The first-order valence-corrected chi connectivity index (χ1v) is 4.81.